The predicted octanol–water partition coefficient (Wildman–Crippen LogP) is 2.00. The SMILES string of the molecule is CC1=C(C(=O)Nc2ccccc2)[C@@H](c2ccccn2)n2nnnc2N1. The Morgan fingerprint density at radius 3 is 2.72 bits per heavy atom. The van der Waals surface area contributed by atoms with E-state index in [9.17, 15) is 4.79 Å². The van der Waals surface area contributed by atoms with E-state index in [4.69, 9.17) is 0 Å². The van der Waals surface area contributed by atoms with Crippen LogP contribution in [0.25, 0.3) is 0 Å². The first-order valence-corrected chi connectivity index (χ1v) is 7.77. The van der Waals surface area contributed by atoms with E-state index >= 15 is 0 Å². The summed E-state index contributed by atoms with van der Waals surface area (Å²) in [4.78, 5) is 17.4. The van der Waals surface area contributed by atoms with Crippen molar-refractivity contribution < 1.29 is 4.79 Å². The number of amides is 1. The van der Waals surface area contributed by atoms with Crippen LogP contribution in [-0.2, 0) is 4.79 Å². The van der Waals surface area contributed by atoms with Gasteiger partial charge in [0.05, 0.1) is 11.3 Å². The fourth-order valence-electron chi connectivity index (χ4n) is 2.84. The molecule has 4 rings (SSSR count). The van der Waals surface area contributed by atoms with E-state index < -0.39 is 6.04 Å². The number of tetrazole rings is 1. The smallest absolute Gasteiger partial charge is 0.255 e. The number of carbonyl (C=O) groups excluding carboxylic acids is 1. The van der Waals surface area contributed by atoms with Crippen LogP contribution in [-0.4, -0.2) is 31.1 Å². The van der Waals surface area contributed by atoms with Crippen LogP contribution in [0.5, 0.6) is 0 Å². The molecule has 0 spiro atoms. The second kappa shape index (κ2) is 6.16. The van der Waals surface area contributed by atoms with Gasteiger partial charge in [0, 0.05) is 17.6 Å². The molecule has 0 radical (unpaired) electrons. The van der Waals surface area contributed by atoms with E-state index in [1.165, 1.54) is 0 Å². The number of nitrogens with one attached hydrogen (secondary N) is 2. The number of benzene rings is 1. The first-order chi connectivity index (χ1) is 12.2. The molecule has 0 fully saturated rings. The third kappa shape index (κ3) is 2.74. The minimum Gasteiger partial charge on any atom is -0.326 e. The zero-order chi connectivity index (χ0) is 17.2. The molecule has 0 bridgehead atoms. The number of nitrogens with zero attached hydrogens (tertiary/aromatic N) is 5. The molecule has 2 aromatic heterocycles. The van der Waals surface area contributed by atoms with Gasteiger partial charge in [-0.05, 0) is 41.6 Å². The van der Waals surface area contributed by atoms with Crippen molar-refractivity contribution in [2.24, 2.45) is 0 Å². The number of aromatic nitrogens is 5. The number of pyridine rings is 1. The van der Waals surface area contributed by atoms with Gasteiger partial charge in [-0.1, -0.05) is 29.4 Å². The Morgan fingerprint density at radius 2 is 1.96 bits per heavy atom. The van der Waals surface area contributed by atoms with Gasteiger partial charge in [-0.15, -0.1) is 0 Å². The normalized spacial score (nSPS) is 16.1. The van der Waals surface area contributed by atoms with Crippen molar-refractivity contribution >= 4 is 17.5 Å². The van der Waals surface area contributed by atoms with E-state index in [2.05, 4.69) is 31.1 Å². The molecule has 0 aliphatic carbocycles. The lowest BCUT2D eigenvalue weighted by molar-refractivity contribution is -0.113. The molecule has 1 atom stereocenters. The summed E-state index contributed by atoms with van der Waals surface area (Å²) in [7, 11) is 0. The molecular formula is C17H15N7O. The number of carbonyl (C=O) groups is 1. The Labute approximate surface area is 143 Å². The van der Waals surface area contributed by atoms with Gasteiger partial charge >= 0.3 is 0 Å². The van der Waals surface area contributed by atoms with Crippen LogP contribution < -0.4 is 10.6 Å². The Bertz CT molecular complexity index is 934. The molecule has 8 heteroatoms. The van der Waals surface area contributed by atoms with Gasteiger partial charge in [0.2, 0.25) is 5.95 Å². The topological polar surface area (TPSA) is 97.6 Å². The molecule has 1 aliphatic rings. The lowest BCUT2D eigenvalue weighted by Crippen LogP contribution is -2.32. The lowest BCUT2D eigenvalue weighted by Gasteiger charge is -2.27. The number of allylic oxidation sites excluding steroid dienone is 1. The fraction of sp³-hybridized carbons (Fsp3) is 0.118. The molecule has 0 unspecified atom stereocenters. The summed E-state index contributed by atoms with van der Waals surface area (Å²) in [5.74, 6) is 0.248. The molecule has 3 heterocycles. The average molecular weight is 333 g/mol. The Balaban J connectivity index is 1.77. The van der Waals surface area contributed by atoms with E-state index in [-0.39, 0.29) is 5.91 Å². The van der Waals surface area contributed by atoms with Gasteiger partial charge in [0.1, 0.15) is 6.04 Å². The highest BCUT2D eigenvalue weighted by molar-refractivity contribution is 6.05. The van der Waals surface area contributed by atoms with Crippen molar-refractivity contribution in [3.05, 3.63) is 71.7 Å². The fourth-order valence-corrected chi connectivity index (χ4v) is 2.84. The standard InChI is InChI=1S/C17H15N7O/c1-11-14(16(25)20-12-7-3-2-4-8-12)15(13-9-5-6-10-18-13)24-17(19-11)21-22-23-24/h2-10,15H,1H3,(H,20,25)(H,19,21,23)/t15-/m1/s1. The maximum atomic E-state index is 13.0. The van der Waals surface area contributed by atoms with Crippen molar-refractivity contribution in [2.75, 3.05) is 10.6 Å². The Kier molecular flexibility index (Phi) is 3.70. The second-order valence-corrected chi connectivity index (χ2v) is 5.59. The number of para-hydroxylation sites is 1. The summed E-state index contributed by atoms with van der Waals surface area (Å²) in [5, 5.41) is 17.7. The molecule has 124 valence electrons. The lowest BCUT2D eigenvalue weighted by atomic mass is 9.98. The number of fused-ring (bicyclic) bond motifs is 1. The molecule has 0 saturated carbocycles. The van der Waals surface area contributed by atoms with Gasteiger partial charge in [0.15, 0.2) is 0 Å². The Hall–Kier alpha value is -3.55. The van der Waals surface area contributed by atoms with Gasteiger partial charge in [-0.3, -0.25) is 9.78 Å². The quantitative estimate of drug-likeness (QED) is 0.761. The largest absolute Gasteiger partial charge is 0.326 e. The molecule has 25 heavy (non-hydrogen) atoms. The van der Waals surface area contributed by atoms with Crippen molar-refractivity contribution in [1.29, 1.82) is 0 Å². The molecule has 1 amide bonds. The van der Waals surface area contributed by atoms with Crippen LogP contribution in [0.15, 0.2) is 66.0 Å². The summed E-state index contributed by atoms with van der Waals surface area (Å²) in [5.41, 5.74) is 2.61. The molecule has 1 aromatic carbocycles. The predicted molar refractivity (Wildman–Crippen MR) is 91.6 cm³/mol. The highest BCUT2D eigenvalue weighted by Gasteiger charge is 2.34. The average Bonchev–Trinajstić information content (AvgIpc) is 3.10. The zero-order valence-electron chi connectivity index (χ0n) is 13.4. The van der Waals surface area contributed by atoms with Crippen LogP contribution >= 0.6 is 0 Å². The van der Waals surface area contributed by atoms with E-state index in [1.54, 1.807) is 10.9 Å². The van der Waals surface area contributed by atoms with Crippen LogP contribution in [0.1, 0.15) is 18.7 Å². The van der Waals surface area contributed by atoms with Crippen molar-refractivity contribution in [3.8, 4) is 0 Å². The number of hydrogen-bond donors (Lipinski definition) is 2. The van der Waals surface area contributed by atoms with Crippen molar-refractivity contribution in [2.45, 2.75) is 13.0 Å². The highest BCUT2D eigenvalue weighted by Crippen LogP contribution is 2.33. The van der Waals surface area contributed by atoms with E-state index in [0.717, 1.165) is 5.69 Å². The van der Waals surface area contributed by atoms with Gasteiger partial charge < -0.3 is 10.6 Å². The van der Waals surface area contributed by atoms with Crippen LogP contribution in [0, 0.1) is 0 Å². The first kappa shape index (κ1) is 15.0. The summed E-state index contributed by atoms with van der Waals surface area (Å²) < 4.78 is 1.56. The molecule has 1 aliphatic heterocycles. The number of hydrogen-bond acceptors (Lipinski definition) is 6. The number of rotatable bonds is 3. The molecule has 3 aromatic rings. The molecule has 0 saturated heterocycles. The third-order valence-corrected chi connectivity index (χ3v) is 3.96. The van der Waals surface area contributed by atoms with Crippen LogP contribution in [0.3, 0.4) is 0 Å². The Morgan fingerprint density at radius 1 is 1.16 bits per heavy atom. The van der Waals surface area contributed by atoms with Crippen molar-refractivity contribution in [3.63, 3.8) is 0 Å². The summed E-state index contributed by atoms with van der Waals surface area (Å²) in [6.07, 6.45) is 1.68. The van der Waals surface area contributed by atoms with Gasteiger partial charge in [0.25, 0.3) is 5.91 Å². The van der Waals surface area contributed by atoms with Crippen LogP contribution in [0.2, 0.25) is 0 Å². The minimum absolute atomic E-state index is 0.229. The maximum absolute atomic E-state index is 13.0. The summed E-state index contributed by atoms with van der Waals surface area (Å²) in [6, 6.07) is 14.3. The van der Waals surface area contributed by atoms with Crippen LogP contribution in [0.4, 0.5) is 11.6 Å². The second-order valence-electron chi connectivity index (χ2n) is 5.59. The molecule has 8 nitrogen and oxygen atoms in total. The highest BCUT2D eigenvalue weighted by atomic mass is 16.1. The summed E-state index contributed by atoms with van der Waals surface area (Å²) in [6.45, 7) is 1.83. The van der Waals surface area contributed by atoms with Gasteiger partial charge in [-0.25, -0.2) is 0 Å². The van der Waals surface area contributed by atoms with Gasteiger partial charge in [-0.2, -0.15) is 4.68 Å². The van der Waals surface area contributed by atoms with Crippen molar-refractivity contribution in [1.82, 2.24) is 25.2 Å². The maximum Gasteiger partial charge on any atom is 0.255 e. The van der Waals surface area contributed by atoms with E-state index in [0.29, 0.717) is 22.9 Å². The monoisotopic (exact) mass is 333 g/mol. The first-order valence-electron chi connectivity index (χ1n) is 7.77. The van der Waals surface area contributed by atoms with E-state index in [1.807, 2.05) is 55.5 Å². The molecular weight excluding hydrogens is 318 g/mol. The third-order valence-electron chi connectivity index (χ3n) is 3.96. The zero-order valence-corrected chi connectivity index (χ0v) is 13.4. The minimum atomic E-state index is -0.504. The molecule has 2 N–H and O–H groups in total. The summed E-state index contributed by atoms with van der Waals surface area (Å²) >= 11 is 0. The number of anilines is 2.